The zero-order valence-corrected chi connectivity index (χ0v) is 17.3. The molecule has 0 bridgehead atoms. The zero-order valence-electron chi connectivity index (χ0n) is 17.3. The minimum Gasteiger partial charge on any atom is -0.298 e. The van der Waals surface area contributed by atoms with Gasteiger partial charge in [0.05, 0.1) is 17.3 Å². The maximum absolute atomic E-state index is 13.7. The van der Waals surface area contributed by atoms with Gasteiger partial charge in [-0.3, -0.25) is 14.6 Å². The van der Waals surface area contributed by atoms with E-state index in [0.717, 1.165) is 17.0 Å². The van der Waals surface area contributed by atoms with Gasteiger partial charge >= 0.3 is 6.18 Å². The summed E-state index contributed by atoms with van der Waals surface area (Å²) in [4.78, 5) is 6.44. The summed E-state index contributed by atoms with van der Waals surface area (Å²) in [5.74, 6) is -0.294. The van der Waals surface area contributed by atoms with Gasteiger partial charge in [-0.1, -0.05) is 18.2 Å². The van der Waals surface area contributed by atoms with Crippen molar-refractivity contribution in [2.24, 2.45) is 0 Å². The molecule has 0 amide bonds. The smallest absolute Gasteiger partial charge is 0.298 e. The van der Waals surface area contributed by atoms with Crippen molar-refractivity contribution in [3.05, 3.63) is 71.7 Å². The van der Waals surface area contributed by atoms with Crippen molar-refractivity contribution in [1.82, 2.24) is 19.7 Å². The van der Waals surface area contributed by atoms with Gasteiger partial charge in [0, 0.05) is 48.7 Å². The summed E-state index contributed by atoms with van der Waals surface area (Å²) in [7, 11) is 0. The molecule has 4 nitrogen and oxygen atoms in total. The highest BCUT2D eigenvalue weighted by atomic mass is 19.4. The van der Waals surface area contributed by atoms with Crippen molar-refractivity contribution in [2.45, 2.75) is 44.9 Å². The molecule has 1 aliphatic rings. The van der Waals surface area contributed by atoms with E-state index in [2.05, 4.69) is 23.7 Å². The predicted molar refractivity (Wildman–Crippen MR) is 110 cm³/mol. The van der Waals surface area contributed by atoms with Crippen LogP contribution >= 0.6 is 0 Å². The first-order valence-electron chi connectivity index (χ1n) is 10.1. The monoisotopic (exact) mass is 414 g/mol. The fraction of sp³-hybridized carbons (Fsp3) is 0.391. The first kappa shape index (κ1) is 20.6. The molecule has 158 valence electrons. The third-order valence-electron chi connectivity index (χ3n) is 5.85. The Morgan fingerprint density at radius 2 is 1.83 bits per heavy atom. The van der Waals surface area contributed by atoms with Gasteiger partial charge in [0.25, 0.3) is 0 Å². The van der Waals surface area contributed by atoms with Gasteiger partial charge in [-0.25, -0.2) is 0 Å². The van der Waals surface area contributed by atoms with Crippen molar-refractivity contribution >= 4 is 0 Å². The molecule has 2 atom stereocenters. The SMILES string of the molecule is Cc1cc(-c2ccn([C@H]3CN(C(C)C)C[C@@H]3c3ccccc3C(F)(F)F)n2)ccn1. The Labute approximate surface area is 174 Å². The average Bonchev–Trinajstić information content (AvgIpc) is 3.35. The molecule has 2 aromatic heterocycles. The normalized spacial score (nSPS) is 20.2. The van der Waals surface area contributed by atoms with E-state index >= 15 is 0 Å². The number of halogens is 3. The molecule has 0 saturated carbocycles. The molecule has 1 saturated heterocycles. The summed E-state index contributed by atoms with van der Waals surface area (Å²) in [5, 5.41) is 4.75. The molecule has 0 unspecified atom stereocenters. The Morgan fingerprint density at radius 3 is 2.53 bits per heavy atom. The summed E-state index contributed by atoms with van der Waals surface area (Å²) >= 11 is 0. The highest BCUT2D eigenvalue weighted by Gasteiger charge is 2.42. The number of benzene rings is 1. The Morgan fingerprint density at radius 1 is 1.07 bits per heavy atom. The Hall–Kier alpha value is -2.67. The van der Waals surface area contributed by atoms with Crippen LogP contribution in [-0.2, 0) is 6.18 Å². The van der Waals surface area contributed by atoms with Gasteiger partial charge < -0.3 is 0 Å². The van der Waals surface area contributed by atoms with Gasteiger partial charge in [-0.2, -0.15) is 18.3 Å². The number of hydrogen-bond donors (Lipinski definition) is 0. The van der Waals surface area contributed by atoms with E-state index in [1.54, 1.807) is 18.3 Å². The molecule has 1 fully saturated rings. The van der Waals surface area contributed by atoms with Gasteiger partial charge in [0.2, 0.25) is 0 Å². The lowest BCUT2D eigenvalue weighted by atomic mass is 9.90. The average molecular weight is 414 g/mol. The molecule has 3 heterocycles. The lowest BCUT2D eigenvalue weighted by Crippen LogP contribution is -2.28. The first-order valence-corrected chi connectivity index (χ1v) is 10.1. The minimum atomic E-state index is -4.38. The number of likely N-dealkylation sites (tertiary alicyclic amines) is 1. The topological polar surface area (TPSA) is 34.0 Å². The highest BCUT2D eigenvalue weighted by Crippen LogP contribution is 2.43. The maximum atomic E-state index is 13.7. The maximum Gasteiger partial charge on any atom is 0.416 e. The standard InChI is InChI=1S/C23H25F3N4/c1-15(2)29-13-19(18-6-4-5-7-20(18)23(24,25)26)22(14-29)30-11-9-21(28-30)17-8-10-27-16(3)12-17/h4-12,15,19,22H,13-14H2,1-3H3/t19-,22+/m1/s1. The van der Waals surface area contributed by atoms with E-state index in [1.807, 2.05) is 36.0 Å². The molecule has 4 rings (SSSR count). The molecule has 1 aromatic carbocycles. The van der Waals surface area contributed by atoms with Crippen molar-refractivity contribution < 1.29 is 13.2 Å². The summed E-state index contributed by atoms with van der Waals surface area (Å²) in [6.45, 7) is 7.29. The van der Waals surface area contributed by atoms with Crippen LogP contribution in [0.25, 0.3) is 11.3 Å². The summed E-state index contributed by atoms with van der Waals surface area (Å²) < 4.78 is 43.0. The van der Waals surface area contributed by atoms with Crippen molar-refractivity contribution in [1.29, 1.82) is 0 Å². The van der Waals surface area contributed by atoms with Crippen LogP contribution in [0.3, 0.4) is 0 Å². The van der Waals surface area contributed by atoms with Crippen LogP contribution in [0.4, 0.5) is 13.2 Å². The second-order valence-corrected chi connectivity index (χ2v) is 8.17. The number of pyridine rings is 1. The quantitative estimate of drug-likeness (QED) is 0.579. The number of aryl methyl sites for hydroxylation is 1. The van der Waals surface area contributed by atoms with Gasteiger partial charge in [-0.15, -0.1) is 0 Å². The molecule has 0 spiro atoms. The Kier molecular flexibility index (Phi) is 5.40. The third kappa shape index (κ3) is 3.99. The van der Waals surface area contributed by atoms with Crippen LogP contribution in [0.15, 0.2) is 54.9 Å². The van der Waals surface area contributed by atoms with E-state index in [0.29, 0.717) is 18.7 Å². The van der Waals surface area contributed by atoms with Crippen molar-refractivity contribution in [2.75, 3.05) is 13.1 Å². The Balaban J connectivity index is 1.73. The summed E-state index contributed by atoms with van der Waals surface area (Å²) in [6.07, 6.45) is -0.763. The van der Waals surface area contributed by atoms with E-state index in [4.69, 9.17) is 5.10 Å². The number of aromatic nitrogens is 3. The molecule has 30 heavy (non-hydrogen) atoms. The number of rotatable bonds is 4. The fourth-order valence-corrected chi connectivity index (χ4v) is 4.27. The molecule has 0 aliphatic carbocycles. The van der Waals surface area contributed by atoms with E-state index in [-0.39, 0.29) is 18.0 Å². The van der Waals surface area contributed by atoms with E-state index < -0.39 is 11.7 Å². The van der Waals surface area contributed by atoms with Crippen LogP contribution in [0.2, 0.25) is 0 Å². The molecule has 0 N–H and O–H groups in total. The largest absolute Gasteiger partial charge is 0.416 e. The van der Waals surface area contributed by atoms with Crippen molar-refractivity contribution in [3.63, 3.8) is 0 Å². The number of alkyl halides is 3. The second-order valence-electron chi connectivity index (χ2n) is 8.17. The second kappa shape index (κ2) is 7.87. The van der Waals surface area contributed by atoms with Crippen LogP contribution < -0.4 is 0 Å². The molecule has 3 aromatic rings. The van der Waals surface area contributed by atoms with Gasteiger partial charge in [0.15, 0.2) is 0 Å². The fourth-order valence-electron chi connectivity index (χ4n) is 4.27. The molecular weight excluding hydrogens is 389 g/mol. The number of nitrogens with zero attached hydrogens (tertiary/aromatic N) is 4. The number of hydrogen-bond acceptors (Lipinski definition) is 3. The summed E-state index contributed by atoms with van der Waals surface area (Å²) in [6, 6.07) is 11.8. The van der Waals surface area contributed by atoms with E-state index in [9.17, 15) is 13.2 Å². The summed E-state index contributed by atoms with van der Waals surface area (Å²) in [5.41, 5.74) is 2.43. The lowest BCUT2D eigenvalue weighted by molar-refractivity contribution is -0.138. The lowest BCUT2D eigenvalue weighted by Gasteiger charge is -2.23. The van der Waals surface area contributed by atoms with Crippen LogP contribution in [-0.4, -0.2) is 38.8 Å². The zero-order chi connectivity index (χ0) is 21.5. The highest BCUT2D eigenvalue weighted by molar-refractivity contribution is 5.58. The van der Waals surface area contributed by atoms with E-state index in [1.165, 1.54) is 12.1 Å². The molecule has 0 radical (unpaired) electrons. The van der Waals surface area contributed by atoms with Gasteiger partial charge in [-0.05, 0) is 50.6 Å². The third-order valence-corrected chi connectivity index (χ3v) is 5.85. The first-order chi connectivity index (χ1) is 14.2. The van der Waals surface area contributed by atoms with Crippen LogP contribution in [0.1, 0.15) is 42.6 Å². The van der Waals surface area contributed by atoms with Crippen LogP contribution in [0.5, 0.6) is 0 Å². The molecular formula is C23H25F3N4. The van der Waals surface area contributed by atoms with Crippen molar-refractivity contribution in [3.8, 4) is 11.3 Å². The molecule has 1 aliphatic heterocycles. The predicted octanol–water partition coefficient (Wildman–Crippen LogP) is 5.32. The molecule has 7 heteroatoms. The van der Waals surface area contributed by atoms with Crippen LogP contribution in [0, 0.1) is 6.92 Å². The van der Waals surface area contributed by atoms with Gasteiger partial charge in [0.1, 0.15) is 0 Å². The minimum absolute atomic E-state index is 0.174. The Bertz CT molecular complexity index is 1030.